The predicted molar refractivity (Wildman–Crippen MR) is 66.3 cm³/mol. The highest BCUT2D eigenvalue weighted by Gasteiger charge is 2.33. The highest BCUT2D eigenvalue weighted by Crippen LogP contribution is 2.21. The average molecular weight is 267 g/mol. The maximum Gasteiger partial charge on any atom is 0.407 e. The van der Waals surface area contributed by atoms with E-state index in [0.717, 1.165) is 4.90 Å². The van der Waals surface area contributed by atoms with E-state index in [1.54, 1.807) is 17.0 Å². The van der Waals surface area contributed by atoms with Crippen molar-refractivity contribution in [3.8, 4) is 0 Å². The Morgan fingerprint density at radius 3 is 2.42 bits per heavy atom. The summed E-state index contributed by atoms with van der Waals surface area (Å²) in [6, 6.07) is 4.92. The Bertz CT molecular complexity index is 491. The van der Waals surface area contributed by atoms with Crippen molar-refractivity contribution in [2.24, 2.45) is 5.73 Å². The summed E-state index contributed by atoms with van der Waals surface area (Å²) in [5, 5.41) is 8.94. The van der Waals surface area contributed by atoms with E-state index < -0.39 is 18.0 Å². The molecule has 0 radical (unpaired) electrons. The number of halogens is 1. The first kappa shape index (κ1) is 13.1. The van der Waals surface area contributed by atoms with E-state index in [-0.39, 0.29) is 18.9 Å². The van der Waals surface area contributed by atoms with Crippen LogP contribution in [0.4, 0.5) is 14.9 Å². The lowest BCUT2D eigenvalue weighted by Gasteiger charge is -2.40. The zero-order valence-electron chi connectivity index (χ0n) is 10.1. The van der Waals surface area contributed by atoms with Gasteiger partial charge in [-0.05, 0) is 24.3 Å². The molecule has 6 nitrogen and oxygen atoms in total. The molecule has 7 heteroatoms. The number of piperazine rings is 1. The van der Waals surface area contributed by atoms with Gasteiger partial charge in [-0.3, -0.25) is 4.79 Å². The summed E-state index contributed by atoms with van der Waals surface area (Å²) in [5.41, 5.74) is 5.96. The molecule has 19 heavy (non-hydrogen) atoms. The number of nitrogens with two attached hydrogens (primary N) is 1. The standard InChI is InChI=1S/C12H14FN3O3/c13-8-1-3-9(4-2-8)16-6-5-15(12(18)19)7-10(16)11(14)17/h1-4,10H,5-7H2,(H2,14,17)(H,18,19)/t10-/m0/s1. The van der Waals surface area contributed by atoms with Crippen molar-refractivity contribution in [3.05, 3.63) is 30.1 Å². The summed E-state index contributed by atoms with van der Waals surface area (Å²) in [7, 11) is 0. The molecule has 2 rings (SSSR count). The average Bonchev–Trinajstić information content (AvgIpc) is 2.38. The first-order valence-corrected chi connectivity index (χ1v) is 5.78. The van der Waals surface area contributed by atoms with Crippen LogP contribution in [0.25, 0.3) is 0 Å². The molecule has 0 bridgehead atoms. The highest BCUT2D eigenvalue weighted by molar-refractivity contribution is 5.85. The summed E-state index contributed by atoms with van der Waals surface area (Å²) in [4.78, 5) is 25.2. The van der Waals surface area contributed by atoms with Gasteiger partial charge in [-0.1, -0.05) is 0 Å². The summed E-state index contributed by atoms with van der Waals surface area (Å²) < 4.78 is 12.9. The number of hydrogen-bond donors (Lipinski definition) is 2. The number of nitrogens with zero attached hydrogens (tertiary/aromatic N) is 2. The van der Waals surface area contributed by atoms with Crippen LogP contribution in [0.3, 0.4) is 0 Å². The van der Waals surface area contributed by atoms with Crippen molar-refractivity contribution < 1.29 is 19.1 Å². The molecular weight excluding hydrogens is 253 g/mol. The van der Waals surface area contributed by atoms with Gasteiger partial charge >= 0.3 is 6.09 Å². The molecular formula is C12H14FN3O3. The van der Waals surface area contributed by atoms with Gasteiger partial charge in [-0.15, -0.1) is 0 Å². The summed E-state index contributed by atoms with van der Waals surface area (Å²) in [6.45, 7) is 0.629. The normalized spacial score (nSPS) is 19.3. The second-order valence-corrected chi connectivity index (χ2v) is 4.32. The van der Waals surface area contributed by atoms with Crippen molar-refractivity contribution in [2.75, 3.05) is 24.5 Å². The zero-order valence-corrected chi connectivity index (χ0v) is 10.1. The van der Waals surface area contributed by atoms with Crippen molar-refractivity contribution >= 4 is 17.7 Å². The zero-order chi connectivity index (χ0) is 14.0. The van der Waals surface area contributed by atoms with Crippen molar-refractivity contribution in [3.63, 3.8) is 0 Å². The molecule has 3 N–H and O–H groups in total. The van der Waals surface area contributed by atoms with Crippen LogP contribution in [0.1, 0.15) is 0 Å². The molecule has 0 unspecified atom stereocenters. The van der Waals surface area contributed by atoms with Crippen LogP contribution in [0.5, 0.6) is 0 Å². The fraction of sp³-hybridized carbons (Fsp3) is 0.333. The molecule has 2 amide bonds. The van der Waals surface area contributed by atoms with E-state index in [2.05, 4.69) is 0 Å². The van der Waals surface area contributed by atoms with E-state index in [4.69, 9.17) is 10.8 Å². The molecule has 1 aliphatic rings. The number of amides is 2. The van der Waals surface area contributed by atoms with Crippen molar-refractivity contribution in [1.29, 1.82) is 0 Å². The molecule has 1 fully saturated rings. The molecule has 1 atom stereocenters. The summed E-state index contributed by atoms with van der Waals surface area (Å²) in [5.74, 6) is -0.973. The van der Waals surface area contributed by atoms with Gasteiger partial charge in [-0.25, -0.2) is 9.18 Å². The molecule has 1 aliphatic heterocycles. The smallest absolute Gasteiger partial charge is 0.407 e. The maximum atomic E-state index is 12.9. The first-order valence-electron chi connectivity index (χ1n) is 5.78. The SMILES string of the molecule is NC(=O)[C@@H]1CN(C(=O)O)CCN1c1ccc(F)cc1. The molecule has 0 saturated carbocycles. The van der Waals surface area contributed by atoms with E-state index >= 15 is 0 Å². The Morgan fingerprint density at radius 1 is 1.26 bits per heavy atom. The highest BCUT2D eigenvalue weighted by atomic mass is 19.1. The summed E-state index contributed by atoms with van der Waals surface area (Å²) in [6.07, 6.45) is -1.08. The van der Waals surface area contributed by atoms with Crippen LogP contribution in [0, 0.1) is 5.82 Å². The Morgan fingerprint density at radius 2 is 1.89 bits per heavy atom. The number of carbonyl (C=O) groups is 2. The molecule has 1 heterocycles. The monoisotopic (exact) mass is 267 g/mol. The molecule has 0 aliphatic carbocycles. The molecule has 102 valence electrons. The third-order valence-electron chi connectivity index (χ3n) is 3.14. The quantitative estimate of drug-likeness (QED) is 0.816. The minimum Gasteiger partial charge on any atom is -0.465 e. The van der Waals surface area contributed by atoms with E-state index in [9.17, 15) is 14.0 Å². The lowest BCUT2D eigenvalue weighted by atomic mass is 10.1. The van der Waals surface area contributed by atoms with Gasteiger partial charge in [0.1, 0.15) is 11.9 Å². The number of benzene rings is 1. The van der Waals surface area contributed by atoms with Gasteiger partial charge in [0, 0.05) is 18.8 Å². The van der Waals surface area contributed by atoms with Crippen LogP contribution >= 0.6 is 0 Å². The van der Waals surface area contributed by atoms with Gasteiger partial charge in [0.15, 0.2) is 0 Å². The van der Waals surface area contributed by atoms with Gasteiger partial charge in [0.05, 0.1) is 6.54 Å². The number of anilines is 1. The van der Waals surface area contributed by atoms with E-state index in [1.807, 2.05) is 0 Å². The minimum atomic E-state index is -1.08. The van der Waals surface area contributed by atoms with Crippen LogP contribution < -0.4 is 10.6 Å². The molecule has 1 aromatic carbocycles. The van der Waals surface area contributed by atoms with Crippen LogP contribution in [-0.2, 0) is 4.79 Å². The largest absolute Gasteiger partial charge is 0.465 e. The predicted octanol–water partition coefficient (Wildman–Crippen LogP) is 0.480. The Labute approximate surface area is 109 Å². The molecule has 1 saturated heterocycles. The van der Waals surface area contributed by atoms with Crippen LogP contribution in [0.2, 0.25) is 0 Å². The van der Waals surface area contributed by atoms with Crippen LogP contribution in [0.15, 0.2) is 24.3 Å². The minimum absolute atomic E-state index is 0.0159. The van der Waals surface area contributed by atoms with Gasteiger partial charge < -0.3 is 20.6 Å². The van der Waals surface area contributed by atoms with Crippen LogP contribution in [-0.4, -0.2) is 47.7 Å². The maximum absolute atomic E-state index is 12.9. The molecule has 0 aromatic heterocycles. The Hall–Kier alpha value is -2.31. The second-order valence-electron chi connectivity index (χ2n) is 4.32. The lowest BCUT2D eigenvalue weighted by molar-refractivity contribution is -0.120. The third-order valence-corrected chi connectivity index (χ3v) is 3.14. The van der Waals surface area contributed by atoms with Gasteiger partial charge in [0.2, 0.25) is 5.91 Å². The second kappa shape index (κ2) is 5.13. The third kappa shape index (κ3) is 2.75. The number of hydrogen-bond acceptors (Lipinski definition) is 3. The van der Waals surface area contributed by atoms with Crippen molar-refractivity contribution in [2.45, 2.75) is 6.04 Å². The molecule has 1 aromatic rings. The fourth-order valence-electron chi connectivity index (χ4n) is 2.14. The number of carbonyl (C=O) groups excluding carboxylic acids is 1. The van der Waals surface area contributed by atoms with Gasteiger partial charge in [-0.2, -0.15) is 0 Å². The van der Waals surface area contributed by atoms with Crippen molar-refractivity contribution in [1.82, 2.24) is 4.90 Å². The number of primary amides is 1. The van der Waals surface area contributed by atoms with E-state index in [1.165, 1.54) is 12.1 Å². The Kier molecular flexibility index (Phi) is 3.55. The topological polar surface area (TPSA) is 86.9 Å². The first-order chi connectivity index (χ1) is 8.99. The van der Waals surface area contributed by atoms with E-state index in [0.29, 0.717) is 12.2 Å². The lowest BCUT2D eigenvalue weighted by Crippen LogP contribution is -2.59. The summed E-state index contributed by atoms with van der Waals surface area (Å²) >= 11 is 0. The number of rotatable bonds is 2. The Balaban J connectivity index is 2.22. The van der Waals surface area contributed by atoms with Gasteiger partial charge in [0.25, 0.3) is 0 Å². The fourth-order valence-corrected chi connectivity index (χ4v) is 2.14. The number of carboxylic acid groups (broad SMARTS) is 1. The molecule has 0 spiro atoms.